The minimum atomic E-state index is -0.699. The average molecular weight is 476 g/mol. The smallest absolute Gasteiger partial charge is 0.113 e. The van der Waals surface area contributed by atoms with Crippen LogP contribution in [-0.4, -0.2) is 25.7 Å². The molecule has 2 saturated carbocycles. The Labute approximate surface area is 191 Å². The lowest BCUT2D eigenvalue weighted by Gasteiger charge is -2.42. The molecule has 3 aliphatic rings. The van der Waals surface area contributed by atoms with E-state index < -0.39 is 5.60 Å². The predicted octanol–water partition coefficient (Wildman–Crippen LogP) is 5.76. The third kappa shape index (κ3) is 2.76. The molecular formula is C26H26BrN3O. The van der Waals surface area contributed by atoms with Crippen molar-refractivity contribution >= 4 is 15.9 Å². The Morgan fingerprint density at radius 3 is 2.84 bits per heavy atom. The number of benzene rings is 2. The molecular weight excluding hydrogens is 450 g/mol. The molecule has 5 heteroatoms. The molecule has 0 unspecified atom stereocenters. The number of aryl methyl sites for hydroxylation is 1. The summed E-state index contributed by atoms with van der Waals surface area (Å²) in [4.78, 5) is 0. The topological polar surface area (TPSA) is 50.9 Å². The van der Waals surface area contributed by atoms with E-state index in [1.807, 2.05) is 16.8 Å². The summed E-state index contributed by atoms with van der Waals surface area (Å²) in [5.41, 5.74) is 6.61. The van der Waals surface area contributed by atoms with Crippen LogP contribution in [0.25, 0.3) is 11.3 Å². The molecule has 2 bridgehead atoms. The van der Waals surface area contributed by atoms with E-state index in [0.29, 0.717) is 11.8 Å². The van der Waals surface area contributed by atoms with Gasteiger partial charge in [-0.1, -0.05) is 58.1 Å². The summed E-state index contributed by atoms with van der Waals surface area (Å²) in [6.45, 7) is 7.32. The maximum atomic E-state index is 11.3. The zero-order chi connectivity index (χ0) is 21.4. The molecule has 3 aromatic rings. The Bertz CT molecular complexity index is 1200. The molecule has 0 saturated heterocycles. The van der Waals surface area contributed by atoms with Gasteiger partial charge in [-0.15, -0.1) is 5.10 Å². The van der Waals surface area contributed by atoms with E-state index in [0.717, 1.165) is 53.5 Å². The van der Waals surface area contributed by atoms with Crippen molar-refractivity contribution in [3.63, 3.8) is 0 Å². The van der Waals surface area contributed by atoms with Crippen molar-refractivity contribution in [2.45, 2.75) is 56.6 Å². The van der Waals surface area contributed by atoms with Crippen LogP contribution >= 0.6 is 15.9 Å². The van der Waals surface area contributed by atoms with Crippen LogP contribution in [0.2, 0.25) is 0 Å². The fourth-order valence-corrected chi connectivity index (χ4v) is 7.07. The molecule has 0 radical (unpaired) electrons. The summed E-state index contributed by atoms with van der Waals surface area (Å²) >= 11 is 3.49. The first-order chi connectivity index (χ1) is 14.9. The number of hydrogen-bond acceptors (Lipinski definition) is 3. The van der Waals surface area contributed by atoms with Gasteiger partial charge < -0.3 is 5.11 Å². The van der Waals surface area contributed by atoms with Crippen LogP contribution in [0.15, 0.2) is 65.3 Å². The van der Waals surface area contributed by atoms with Gasteiger partial charge in [0.25, 0.3) is 0 Å². The van der Waals surface area contributed by atoms with Crippen LogP contribution in [-0.2, 0) is 6.54 Å². The second-order valence-corrected chi connectivity index (χ2v) is 10.7. The Morgan fingerprint density at radius 1 is 1.23 bits per heavy atom. The van der Waals surface area contributed by atoms with Crippen LogP contribution in [0, 0.1) is 12.3 Å². The lowest BCUT2D eigenvalue weighted by atomic mass is 9.63. The van der Waals surface area contributed by atoms with Crippen LogP contribution in [0.5, 0.6) is 0 Å². The SMILES string of the molecule is C=C1C[C@]23C[C@@]1(O)CC[C@@H]2c1cccc(C)c1[C@@H]3Cn1cc(-c2ccc(Br)cc2)nn1. The van der Waals surface area contributed by atoms with Crippen LogP contribution in [0.4, 0.5) is 0 Å². The third-order valence-electron chi connectivity index (χ3n) is 8.19. The highest BCUT2D eigenvalue weighted by atomic mass is 79.9. The minimum Gasteiger partial charge on any atom is -0.386 e. The standard InChI is InChI=1S/C26H26BrN3O/c1-16-4-3-5-20-21-10-11-26(31)15-25(21,12-17(26)2)22(24(16)20)13-30-14-23(28-29-30)18-6-8-19(27)9-7-18/h3-9,14,21-22,31H,2,10-13,15H2,1H3/t21-,22+,25+,26+/m1/s1. The van der Waals surface area contributed by atoms with Crippen molar-refractivity contribution in [2.75, 3.05) is 0 Å². The lowest BCUT2D eigenvalue weighted by molar-refractivity contribution is 0.00371. The van der Waals surface area contributed by atoms with Crippen molar-refractivity contribution in [3.8, 4) is 11.3 Å². The summed E-state index contributed by atoms with van der Waals surface area (Å²) in [5, 5.41) is 20.3. The molecule has 3 aliphatic carbocycles. The number of hydrogen-bond donors (Lipinski definition) is 1. The molecule has 31 heavy (non-hydrogen) atoms. The maximum Gasteiger partial charge on any atom is 0.113 e. The first-order valence-electron chi connectivity index (χ1n) is 11.1. The third-order valence-corrected chi connectivity index (χ3v) is 8.72. The van der Waals surface area contributed by atoms with Gasteiger partial charge >= 0.3 is 0 Å². The first-order valence-corrected chi connectivity index (χ1v) is 11.9. The zero-order valence-corrected chi connectivity index (χ0v) is 19.3. The van der Waals surface area contributed by atoms with E-state index in [1.165, 1.54) is 16.7 Å². The van der Waals surface area contributed by atoms with Crippen molar-refractivity contribution in [3.05, 3.63) is 82.0 Å². The van der Waals surface area contributed by atoms with Crippen LogP contribution in [0.1, 0.15) is 54.2 Å². The van der Waals surface area contributed by atoms with Gasteiger partial charge in [-0.05, 0) is 78.3 Å². The number of halogens is 1. The number of aromatic nitrogens is 3. The highest BCUT2D eigenvalue weighted by Crippen LogP contribution is 2.71. The number of nitrogens with zero attached hydrogens (tertiary/aromatic N) is 3. The molecule has 0 aliphatic heterocycles. The van der Waals surface area contributed by atoms with Crippen molar-refractivity contribution in [1.29, 1.82) is 0 Å². The predicted molar refractivity (Wildman–Crippen MR) is 125 cm³/mol. The molecule has 4 atom stereocenters. The fourth-order valence-electron chi connectivity index (χ4n) is 6.80. The zero-order valence-electron chi connectivity index (χ0n) is 17.7. The molecule has 2 fully saturated rings. The van der Waals surface area contributed by atoms with Crippen molar-refractivity contribution < 1.29 is 5.11 Å². The summed E-state index contributed by atoms with van der Waals surface area (Å²) in [6.07, 6.45) is 5.64. The molecule has 1 heterocycles. The highest BCUT2D eigenvalue weighted by molar-refractivity contribution is 9.10. The summed E-state index contributed by atoms with van der Waals surface area (Å²) in [6, 6.07) is 14.9. The van der Waals surface area contributed by atoms with Gasteiger partial charge in [0.05, 0.1) is 18.3 Å². The van der Waals surface area contributed by atoms with E-state index in [4.69, 9.17) is 0 Å². The van der Waals surface area contributed by atoms with E-state index >= 15 is 0 Å². The van der Waals surface area contributed by atoms with Crippen molar-refractivity contribution in [1.82, 2.24) is 15.0 Å². The molecule has 6 rings (SSSR count). The summed E-state index contributed by atoms with van der Waals surface area (Å²) < 4.78 is 3.06. The van der Waals surface area contributed by atoms with Gasteiger partial charge in [0.1, 0.15) is 5.69 Å². The van der Waals surface area contributed by atoms with E-state index in [1.54, 1.807) is 0 Å². The Kier molecular flexibility index (Phi) is 4.16. The van der Waals surface area contributed by atoms with E-state index in [9.17, 15) is 5.11 Å². The van der Waals surface area contributed by atoms with E-state index in [-0.39, 0.29) is 5.41 Å². The van der Waals surface area contributed by atoms with Gasteiger partial charge in [0.2, 0.25) is 0 Å². The van der Waals surface area contributed by atoms with Gasteiger partial charge in [0.15, 0.2) is 0 Å². The minimum absolute atomic E-state index is 0.0300. The normalized spacial score (nSPS) is 31.0. The number of aliphatic hydroxyl groups is 1. The quantitative estimate of drug-likeness (QED) is 0.490. The summed E-state index contributed by atoms with van der Waals surface area (Å²) in [5.74, 6) is 0.792. The van der Waals surface area contributed by atoms with E-state index in [2.05, 4.69) is 76.3 Å². The second-order valence-electron chi connectivity index (χ2n) is 9.78. The Morgan fingerprint density at radius 2 is 2.03 bits per heavy atom. The average Bonchev–Trinajstić information content (AvgIpc) is 3.36. The largest absolute Gasteiger partial charge is 0.386 e. The maximum absolute atomic E-state index is 11.3. The molecule has 2 aromatic carbocycles. The first kappa shape index (κ1) is 19.4. The number of fused-ring (bicyclic) bond motifs is 3. The van der Waals surface area contributed by atoms with Crippen LogP contribution in [0.3, 0.4) is 0 Å². The Balaban J connectivity index is 1.41. The highest BCUT2D eigenvalue weighted by Gasteiger charge is 2.64. The fraction of sp³-hybridized carbons (Fsp3) is 0.385. The summed E-state index contributed by atoms with van der Waals surface area (Å²) in [7, 11) is 0. The van der Waals surface area contributed by atoms with Gasteiger partial charge in [-0.3, -0.25) is 4.68 Å². The molecule has 1 aromatic heterocycles. The molecule has 1 spiro atoms. The molecule has 158 valence electrons. The van der Waals surface area contributed by atoms with Gasteiger partial charge in [-0.25, -0.2) is 0 Å². The lowest BCUT2D eigenvalue weighted by Crippen LogP contribution is -2.39. The molecule has 4 nitrogen and oxygen atoms in total. The van der Waals surface area contributed by atoms with Crippen LogP contribution < -0.4 is 0 Å². The monoisotopic (exact) mass is 475 g/mol. The number of rotatable bonds is 3. The molecule has 1 N–H and O–H groups in total. The van der Waals surface area contributed by atoms with Crippen molar-refractivity contribution in [2.24, 2.45) is 5.41 Å². The molecule has 0 amide bonds. The second kappa shape index (κ2) is 6.63. The van der Waals surface area contributed by atoms with Gasteiger partial charge in [-0.2, -0.15) is 0 Å². The Hall–Kier alpha value is -2.24. The van der Waals surface area contributed by atoms with Gasteiger partial charge in [0, 0.05) is 16.0 Å².